The number of aryl methyl sites for hydroxylation is 1. The van der Waals surface area contributed by atoms with Crippen LogP contribution in [0.4, 0.5) is 4.79 Å². The second kappa shape index (κ2) is 11.8. The van der Waals surface area contributed by atoms with Gasteiger partial charge in [0.2, 0.25) is 0 Å². The predicted octanol–water partition coefficient (Wildman–Crippen LogP) is 3.26. The van der Waals surface area contributed by atoms with Crippen molar-refractivity contribution in [3.63, 3.8) is 0 Å². The summed E-state index contributed by atoms with van der Waals surface area (Å²) < 4.78 is 11.3. The highest BCUT2D eigenvalue weighted by molar-refractivity contribution is 5.80. The Morgan fingerprint density at radius 3 is 2.80 bits per heavy atom. The van der Waals surface area contributed by atoms with E-state index in [0.717, 1.165) is 51.2 Å². The number of benzene rings is 1. The molecule has 1 amide bonds. The predicted molar refractivity (Wildman–Crippen MR) is 119 cm³/mol. The molecule has 1 heterocycles. The fraction of sp³-hybridized carbons (Fsp3) is 0.652. The van der Waals surface area contributed by atoms with Crippen molar-refractivity contribution in [1.29, 1.82) is 0 Å². The Morgan fingerprint density at radius 2 is 2.03 bits per heavy atom. The first-order valence-electron chi connectivity index (χ1n) is 11.3. The Labute approximate surface area is 180 Å². The number of hydrogen-bond donors (Lipinski definition) is 2. The zero-order chi connectivity index (χ0) is 21.2. The molecule has 0 saturated carbocycles. The van der Waals surface area contributed by atoms with Crippen molar-refractivity contribution < 1.29 is 14.3 Å². The lowest BCUT2D eigenvalue weighted by Gasteiger charge is -2.32. The number of rotatable bonds is 7. The van der Waals surface area contributed by atoms with Crippen LogP contribution in [-0.4, -0.2) is 62.9 Å². The monoisotopic (exact) mass is 416 g/mol. The summed E-state index contributed by atoms with van der Waals surface area (Å²) in [6.45, 7) is 5.23. The number of carbonyl (C=O) groups is 1. The summed E-state index contributed by atoms with van der Waals surface area (Å²) in [6, 6.07) is 8.96. The number of piperidine rings is 1. The molecule has 1 atom stereocenters. The summed E-state index contributed by atoms with van der Waals surface area (Å²) in [5.41, 5.74) is 2.80. The van der Waals surface area contributed by atoms with Crippen LogP contribution in [0.15, 0.2) is 29.3 Å². The quantitative estimate of drug-likeness (QED) is 0.405. The normalized spacial score (nSPS) is 19.9. The average molecular weight is 417 g/mol. The van der Waals surface area contributed by atoms with Crippen LogP contribution in [0, 0.1) is 0 Å². The van der Waals surface area contributed by atoms with Crippen LogP contribution in [-0.2, 0) is 15.9 Å². The summed E-state index contributed by atoms with van der Waals surface area (Å²) in [5, 5.41) is 6.85. The van der Waals surface area contributed by atoms with Gasteiger partial charge in [0.1, 0.15) is 0 Å². The van der Waals surface area contributed by atoms with Crippen LogP contribution in [0.5, 0.6) is 0 Å². The number of amides is 1. The van der Waals surface area contributed by atoms with Gasteiger partial charge in [-0.1, -0.05) is 24.3 Å². The lowest BCUT2D eigenvalue weighted by Crippen LogP contribution is -2.50. The van der Waals surface area contributed by atoms with Crippen molar-refractivity contribution in [2.24, 2.45) is 4.99 Å². The lowest BCUT2D eigenvalue weighted by atomic mass is 9.89. The molecule has 1 aliphatic heterocycles. The first-order chi connectivity index (χ1) is 14.7. The van der Waals surface area contributed by atoms with Crippen molar-refractivity contribution >= 4 is 12.1 Å². The van der Waals surface area contributed by atoms with E-state index in [-0.39, 0.29) is 12.2 Å². The fourth-order valence-electron chi connectivity index (χ4n) is 4.20. The third kappa shape index (κ3) is 6.36. The first kappa shape index (κ1) is 22.4. The van der Waals surface area contributed by atoms with E-state index in [1.165, 1.54) is 17.5 Å². The maximum absolute atomic E-state index is 11.8. The van der Waals surface area contributed by atoms with Crippen LogP contribution in [0.2, 0.25) is 0 Å². The lowest BCUT2D eigenvalue weighted by molar-refractivity contribution is 0.0398. The number of nitrogens with zero attached hydrogens (tertiary/aromatic N) is 2. The summed E-state index contributed by atoms with van der Waals surface area (Å²) in [7, 11) is 1.79. The highest BCUT2D eigenvalue weighted by Gasteiger charge is 2.24. The van der Waals surface area contributed by atoms with Crippen LogP contribution < -0.4 is 10.6 Å². The Morgan fingerprint density at radius 1 is 1.23 bits per heavy atom. The molecule has 0 spiro atoms. The summed E-state index contributed by atoms with van der Waals surface area (Å²) in [6.07, 6.45) is 6.21. The third-order valence-electron chi connectivity index (χ3n) is 5.83. The van der Waals surface area contributed by atoms with Crippen LogP contribution in [0.25, 0.3) is 0 Å². The van der Waals surface area contributed by atoms with Crippen molar-refractivity contribution in [2.75, 3.05) is 39.9 Å². The van der Waals surface area contributed by atoms with Gasteiger partial charge in [0, 0.05) is 39.3 Å². The van der Waals surface area contributed by atoms with E-state index < -0.39 is 0 Å². The maximum atomic E-state index is 11.8. The molecule has 0 bridgehead atoms. The Hall–Kier alpha value is -2.28. The summed E-state index contributed by atoms with van der Waals surface area (Å²) >= 11 is 0. The molecule has 1 aromatic rings. The maximum Gasteiger partial charge on any atom is 0.409 e. The molecule has 1 unspecified atom stereocenters. The van der Waals surface area contributed by atoms with Crippen LogP contribution in [0.1, 0.15) is 56.3 Å². The van der Waals surface area contributed by atoms with Gasteiger partial charge in [0.25, 0.3) is 0 Å². The molecule has 3 rings (SSSR count). The minimum absolute atomic E-state index is 0.209. The molecule has 1 saturated heterocycles. The molecule has 1 aromatic carbocycles. The molecule has 30 heavy (non-hydrogen) atoms. The Kier molecular flexibility index (Phi) is 8.81. The van der Waals surface area contributed by atoms with Gasteiger partial charge >= 0.3 is 6.09 Å². The molecule has 7 nitrogen and oxygen atoms in total. The molecule has 1 aliphatic carbocycles. The van der Waals surface area contributed by atoms with Gasteiger partial charge < -0.3 is 25.0 Å². The Bertz CT molecular complexity index is 701. The van der Waals surface area contributed by atoms with Crippen molar-refractivity contribution in [3.05, 3.63) is 35.4 Å². The smallest absolute Gasteiger partial charge is 0.409 e. The van der Waals surface area contributed by atoms with Crippen LogP contribution >= 0.6 is 0 Å². The number of carbonyl (C=O) groups excluding carboxylic acids is 1. The van der Waals surface area contributed by atoms with Gasteiger partial charge in [-0.05, 0) is 56.6 Å². The second-order valence-electron chi connectivity index (χ2n) is 7.91. The third-order valence-corrected chi connectivity index (χ3v) is 5.83. The van der Waals surface area contributed by atoms with Gasteiger partial charge in [0.15, 0.2) is 5.96 Å². The number of nitrogens with one attached hydrogen (secondary N) is 2. The van der Waals surface area contributed by atoms with E-state index in [1.807, 2.05) is 6.92 Å². The highest BCUT2D eigenvalue weighted by atomic mass is 16.6. The first-order valence-corrected chi connectivity index (χ1v) is 11.3. The molecular weight excluding hydrogens is 380 g/mol. The molecule has 2 aliphatic rings. The Balaban J connectivity index is 1.32. The van der Waals surface area contributed by atoms with E-state index in [9.17, 15) is 4.79 Å². The summed E-state index contributed by atoms with van der Waals surface area (Å²) in [4.78, 5) is 17.9. The molecule has 1 fully saturated rings. The van der Waals surface area contributed by atoms with E-state index in [1.54, 1.807) is 11.9 Å². The van der Waals surface area contributed by atoms with Crippen molar-refractivity contribution in [3.8, 4) is 0 Å². The average Bonchev–Trinajstić information content (AvgIpc) is 2.78. The molecular formula is C23H36N4O3. The molecule has 0 radical (unpaired) electrons. The van der Waals surface area contributed by atoms with Gasteiger partial charge in [0.05, 0.1) is 12.7 Å². The zero-order valence-electron chi connectivity index (χ0n) is 18.4. The number of likely N-dealkylation sites (tertiary alicyclic amines) is 1. The largest absolute Gasteiger partial charge is 0.450 e. The number of ether oxygens (including phenoxy) is 2. The number of aliphatic imine (C=N–C) groups is 1. The topological polar surface area (TPSA) is 75.2 Å². The standard InChI is InChI=1S/C23H36N4O3/c1-3-29-23(28)27-15-12-19(13-16-27)26-22(24-2)25-14-7-17-30-21-11-6-9-18-8-4-5-10-20(18)21/h4-5,8,10,19,21H,3,6-7,9,11-17H2,1-2H3,(H2,24,25,26). The van der Waals surface area contributed by atoms with Crippen LogP contribution in [0.3, 0.4) is 0 Å². The van der Waals surface area contributed by atoms with Crippen molar-refractivity contribution in [1.82, 2.24) is 15.5 Å². The molecule has 2 N–H and O–H groups in total. The molecule has 7 heteroatoms. The van der Waals surface area contributed by atoms with E-state index in [0.29, 0.717) is 25.7 Å². The minimum Gasteiger partial charge on any atom is -0.450 e. The van der Waals surface area contributed by atoms with Gasteiger partial charge in [-0.15, -0.1) is 0 Å². The summed E-state index contributed by atoms with van der Waals surface area (Å²) in [5.74, 6) is 0.813. The highest BCUT2D eigenvalue weighted by Crippen LogP contribution is 2.32. The molecule has 0 aromatic heterocycles. The van der Waals surface area contributed by atoms with Crippen molar-refractivity contribution in [2.45, 2.75) is 57.6 Å². The minimum atomic E-state index is -0.209. The van der Waals surface area contributed by atoms with E-state index in [4.69, 9.17) is 9.47 Å². The van der Waals surface area contributed by atoms with Gasteiger partial charge in [-0.25, -0.2) is 4.79 Å². The molecule has 166 valence electrons. The number of guanidine groups is 1. The second-order valence-corrected chi connectivity index (χ2v) is 7.91. The zero-order valence-corrected chi connectivity index (χ0v) is 18.4. The van der Waals surface area contributed by atoms with Gasteiger partial charge in [-0.2, -0.15) is 0 Å². The fourth-order valence-corrected chi connectivity index (χ4v) is 4.20. The number of hydrogen-bond acceptors (Lipinski definition) is 4. The SMILES string of the molecule is CCOC(=O)N1CCC(NC(=NC)NCCCOC2CCCc3ccccc32)CC1. The van der Waals surface area contributed by atoms with E-state index in [2.05, 4.69) is 39.9 Å². The van der Waals surface area contributed by atoms with Gasteiger partial charge in [-0.3, -0.25) is 4.99 Å². The number of fused-ring (bicyclic) bond motifs is 1. The van der Waals surface area contributed by atoms with E-state index >= 15 is 0 Å².